The van der Waals surface area contributed by atoms with Crippen molar-refractivity contribution in [1.82, 2.24) is 10.2 Å². The summed E-state index contributed by atoms with van der Waals surface area (Å²) in [4.78, 5) is 46.2. The van der Waals surface area contributed by atoms with Crippen molar-refractivity contribution in [2.75, 3.05) is 26.3 Å². The molecule has 8 nitrogen and oxygen atoms in total. The van der Waals surface area contributed by atoms with Gasteiger partial charge in [-0.1, -0.05) is 0 Å². The predicted molar refractivity (Wildman–Crippen MR) is 98.8 cm³/mol. The molecular formula is C19H30N2O6. The summed E-state index contributed by atoms with van der Waals surface area (Å²) >= 11 is 0. The Kier molecular flexibility index (Phi) is 8.78. The van der Waals surface area contributed by atoms with E-state index in [-0.39, 0.29) is 18.9 Å². The number of rotatable bonds is 13. The summed E-state index contributed by atoms with van der Waals surface area (Å²) in [5.74, 6) is -1.04. The van der Waals surface area contributed by atoms with Crippen LogP contribution in [0.2, 0.25) is 0 Å². The lowest BCUT2D eigenvalue weighted by Crippen LogP contribution is -2.42. The molecule has 0 aliphatic carbocycles. The largest absolute Gasteiger partial charge is 0.375 e. The first-order valence-electron chi connectivity index (χ1n) is 9.08. The third-order valence-corrected chi connectivity index (χ3v) is 4.10. The molecule has 1 aliphatic rings. The van der Waals surface area contributed by atoms with Gasteiger partial charge in [0.05, 0.1) is 24.4 Å². The number of ether oxygens (including phenoxy) is 2. The van der Waals surface area contributed by atoms with Crippen LogP contribution in [0.25, 0.3) is 0 Å². The Morgan fingerprint density at radius 2 is 1.67 bits per heavy atom. The third kappa shape index (κ3) is 8.92. The Morgan fingerprint density at radius 3 is 2.26 bits per heavy atom. The summed E-state index contributed by atoms with van der Waals surface area (Å²) in [6, 6.07) is 0. The van der Waals surface area contributed by atoms with Gasteiger partial charge in [0.2, 0.25) is 5.91 Å². The van der Waals surface area contributed by atoms with Gasteiger partial charge in [0.1, 0.15) is 6.29 Å². The molecule has 0 aromatic carbocycles. The van der Waals surface area contributed by atoms with Gasteiger partial charge >= 0.3 is 0 Å². The maximum atomic E-state index is 12.0. The summed E-state index contributed by atoms with van der Waals surface area (Å²) in [7, 11) is 0. The molecule has 3 amide bonds. The highest BCUT2D eigenvalue weighted by Gasteiger charge is 2.25. The number of hydrogen-bond donors (Lipinski definition) is 1. The zero-order valence-electron chi connectivity index (χ0n) is 16.6. The van der Waals surface area contributed by atoms with E-state index < -0.39 is 23.0 Å². The van der Waals surface area contributed by atoms with Gasteiger partial charge in [-0.05, 0) is 34.1 Å². The Bertz CT molecular complexity index is 565. The molecule has 27 heavy (non-hydrogen) atoms. The van der Waals surface area contributed by atoms with Gasteiger partial charge in [0.15, 0.2) is 0 Å². The van der Waals surface area contributed by atoms with Crippen LogP contribution in [0.3, 0.4) is 0 Å². The topological polar surface area (TPSA) is 102 Å². The van der Waals surface area contributed by atoms with Crippen LogP contribution in [0.4, 0.5) is 0 Å². The predicted octanol–water partition coefficient (Wildman–Crippen LogP) is 0.987. The summed E-state index contributed by atoms with van der Waals surface area (Å²) in [6.07, 6.45) is 4.28. The van der Waals surface area contributed by atoms with Crippen LogP contribution in [0.5, 0.6) is 0 Å². The molecule has 1 rings (SSSR count). The van der Waals surface area contributed by atoms with E-state index >= 15 is 0 Å². The van der Waals surface area contributed by atoms with E-state index in [1.807, 2.05) is 27.7 Å². The first-order chi connectivity index (χ1) is 12.6. The molecule has 0 saturated heterocycles. The Balaban J connectivity index is 2.25. The molecule has 0 unspecified atom stereocenters. The van der Waals surface area contributed by atoms with Crippen molar-refractivity contribution in [2.45, 2.75) is 58.2 Å². The molecule has 0 fully saturated rings. The van der Waals surface area contributed by atoms with E-state index in [0.29, 0.717) is 32.6 Å². The number of nitrogens with one attached hydrogen (secondary N) is 1. The summed E-state index contributed by atoms with van der Waals surface area (Å²) in [6.45, 7) is 8.79. The normalized spacial score (nSPS) is 14.7. The highest BCUT2D eigenvalue weighted by atomic mass is 16.5. The molecule has 1 heterocycles. The highest BCUT2D eigenvalue weighted by Crippen LogP contribution is 2.17. The van der Waals surface area contributed by atoms with E-state index in [1.165, 1.54) is 12.2 Å². The molecule has 0 aromatic heterocycles. The van der Waals surface area contributed by atoms with Crippen molar-refractivity contribution < 1.29 is 28.7 Å². The van der Waals surface area contributed by atoms with Crippen LogP contribution in [0.15, 0.2) is 12.2 Å². The second-order valence-electron chi connectivity index (χ2n) is 7.61. The smallest absolute Gasteiger partial charge is 0.253 e. The zero-order valence-corrected chi connectivity index (χ0v) is 16.6. The van der Waals surface area contributed by atoms with Crippen LogP contribution in [-0.2, 0) is 28.7 Å². The molecule has 0 aromatic rings. The number of aldehydes is 1. The lowest BCUT2D eigenvalue weighted by Gasteiger charge is -2.30. The molecule has 0 bridgehead atoms. The fraction of sp³-hybridized carbons (Fsp3) is 0.684. The maximum Gasteiger partial charge on any atom is 0.253 e. The summed E-state index contributed by atoms with van der Waals surface area (Å²) in [5.41, 5.74) is -0.972. The van der Waals surface area contributed by atoms with E-state index in [4.69, 9.17) is 9.47 Å². The van der Waals surface area contributed by atoms with Gasteiger partial charge in [0, 0.05) is 38.1 Å². The SMILES string of the molecule is CC(C)(CCOC(C)(C)CNC(=O)CCN1C(=O)C=CC1=O)OCCC=O. The Hall–Kier alpha value is -2.06. The lowest BCUT2D eigenvalue weighted by atomic mass is 10.1. The monoisotopic (exact) mass is 382 g/mol. The first kappa shape index (κ1) is 23.0. The fourth-order valence-electron chi connectivity index (χ4n) is 2.34. The average molecular weight is 382 g/mol. The van der Waals surface area contributed by atoms with Crippen molar-refractivity contribution in [3.05, 3.63) is 12.2 Å². The van der Waals surface area contributed by atoms with Gasteiger partial charge in [-0.15, -0.1) is 0 Å². The molecule has 0 spiro atoms. The average Bonchev–Trinajstić information content (AvgIpc) is 2.89. The number of imide groups is 1. The standard InChI is InChI=1S/C19H30N2O6/c1-18(2,26-12-5-11-22)9-13-27-19(3,4)14-20-15(23)8-10-21-16(24)6-7-17(21)25/h6-7,11H,5,8-10,12-14H2,1-4H3,(H,20,23). The minimum Gasteiger partial charge on any atom is -0.375 e. The molecule has 0 saturated carbocycles. The summed E-state index contributed by atoms with van der Waals surface area (Å²) in [5, 5.41) is 2.76. The number of carbonyl (C=O) groups excluding carboxylic acids is 4. The van der Waals surface area contributed by atoms with Crippen molar-refractivity contribution >= 4 is 24.0 Å². The van der Waals surface area contributed by atoms with Crippen LogP contribution in [0.1, 0.15) is 47.0 Å². The van der Waals surface area contributed by atoms with Crippen LogP contribution >= 0.6 is 0 Å². The third-order valence-electron chi connectivity index (χ3n) is 4.10. The van der Waals surface area contributed by atoms with Crippen LogP contribution in [0, 0.1) is 0 Å². The van der Waals surface area contributed by atoms with Crippen molar-refractivity contribution in [1.29, 1.82) is 0 Å². The number of hydrogen-bond acceptors (Lipinski definition) is 6. The highest BCUT2D eigenvalue weighted by molar-refractivity contribution is 6.13. The molecule has 152 valence electrons. The van der Waals surface area contributed by atoms with Crippen molar-refractivity contribution in [3.63, 3.8) is 0 Å². The van der Waals surface area contributed by atoms with Gasteiger partial charge in [-0.3, -0.25) is 19.3 Å². The van der Waals surface area contributed by atoms with E-state index in [9.17, 15) is 19.2 Å². The Labute approximate surface area is 160 Å². The van der Waals surface area contributed by atoms with Crippen LogP contribution < -0.4 is 5.32 Å². The first-order valence-corrected chi connectivity index (χ1v) is 9.08. The second kappa shape index (κ2) is 10.3. The number of amides is 3. The van der Waals surface area contributed by atoms with Crippen molar-refractivity contribution in [3.8, 4) is 0 Å². The molecule has 8 heteroatoms. The van der Waals surface area contributed by atoms with Gasteiger partial charge in [-0.2, -0.15) is 0 Å². The number of nitrogens with zero attached hydrogens (tertiary/aromatic N) is 1. The van der Waals surface area contributed by atoms with Gasteiger partial charge in [0.25, 0.3) is 11.8 Å². The molecule has 1 aliphatic heterocycles. The minimum atomic E-state index is -0.574. The van der Waals surface area contributed by atoms with E-state index in [2.05, 4.69) is 5.32 Å². The van der Waals surface area contributed by atoms with Gasteiger partial charge < -0.3 is 19.6 Å². The molecule has 0 radical (unpaired) electrons. The van der Waals surface area contributed by atoms with E-state index in [1.54, 1.807) is 0 Å². The second-order valence-corrected chi connectivity index (χ2v) is 7.61. The Morgan fingerprint density at radius 1 is 1.07 bits per heavy atom. The van der Waals surface area contributed by atoms with Crippen LogP contribution in [-0.4, -0.2) is 66.4 Å². The zero-order chi connectivity index (χ0) is 20.5. The van der Waals surface area contributed by atoms with E-state index in [0.717, 1.165) is 11.2 Å². The molecule has 1 N–H and O–H groups in total. The quantitative estimate of drug-likeness (QED) is 0.289. The molecular weight excluding hydrogens is 352 g/mol. The molecule has 0 atom stereocenters. The summed E-state index contributed by atoms with van der Waals surface area (Å²) < 4.78 is 11.5. The van der Waals surface area contributed by atoms with Gasteiger partial charge in [-0.25, -0.2) is 0 Å². The fourth-order valence-corrected chi connectivity index (χ4v) is 2.34. The minimum absolute atomic E-state index is 0.0485. The number of carbonyl (C=O) groups is 4. The maximum absolute atomic E-state index is 12.0. The lowest BCUT2D eigenvalue weighted by molar-refractivity contribution is -0.137. The van der Waals surface area contributed by atoms with Crippen molar-refractivity contribution in [2.24, 2.45) is 0 Å².